The van der Waals surface area contributed by atoms with Gasteiger partial charge in [0, 0.05) is 34.7 Å². The fourth-order valence-corrected chi connectivity index (χ4v) is 9.12. The maximum atomic E-state index is 15.0. The molecule has 252 valence electrons. The van der Waals surface area contributed by atoms with E-state index in [1.165, 1.54) is 30.3 Å². The molecule has 3 heterocycles. The van der Waals surface area contributed by atoms with Gasteiger partial charge in [-0.05, 0) is 95.4 Å². The van der Waals surface area contributed by atoms with Crippen LogP contribution in [0.2, 0.25) is 0 Å². The Balaban J connectivity index is 1.15. The first kappa shape index (κ1) is 33.8. The van der Waals surface area contributed by atoms with E-state index in [0.717, 1.165) is 45.3 Å². The summed E-state index contributed by atoms with van der Waals surface area (Å²) in [6, 6.07) is 9.31. The Labute approximate surface area is 280 Å². The largest absolute Gasteiger partial charge is 0.453 e. The van der Waals surface area contributed by atoms with Crippen LogP contribution in [0.5, 0.6) is 11.5 Å². The Hall–Kier alpha value is -3.06. The molecule has 2 saturated heterocycles. The van der Waals surface area contributed by atoms with E-state index in [1.807, 2.05) is 24.3 Å². The number of hydrogen-bond acceptors (Lipinski definition) is 11. The van der Waals surface area contributed by atoms with Crippen LogP contribution in [0.25, 0.3) is 10.9 Å². The summed E-state index contributed by atoms with van der Waals surface area (Å²) < 4.78 is 47.0. The standard InChI is InChI=1S/C33H41FN6O5S2/c1-3-39(2)46-38-29-7-5-27(34)30(26(29)18-35)45-23-4-6-28-25(16-23)31(41)40(21-37-28)22-17-33(44-19-22)10-8-24(9-11-33)47(43)20-32(42)12-14-36-15-13-32/h4-7,16,21-22,24,36,38,42H,3,8-15,17,19-20H2,1-2H3. The van der Waals surface area contributed by atoms with Crippen molar-refractivity contribution in [2.45, 2.75) is 74.4 Å². The summed E-state index contributed by atoms with van der Waals surface area (Å²) in [7, 11) is 0.777. The second kappa shape index (κ2) is 14.2. The minimum Gasteiger partial charge on any atom is -0.453 e. The van der Waals surface area contributed by atoms with Crippen LogP contribution in [0.4, 0.5) is 10.1 Å². The van der Waals surface area contributed by atoms with E-state index in [9.17, 15) is 23.8 Å². The van der Waals surface area contributed by atoms with Crippen molar-refractivity contribution in [3.05, 3.63) is 58.4 Å². The molecular weight excluding hydrogens is 644 g/mol. The Morgan fingerprint density at radius 2 is 2.04 bits per heavy atom. The van der Waals surface area contributed by atoms with Crippen LogP contribution in [0.1, 0.15) is 63.5 Å². The number of nitrogens with zero attached hydrogens (tertiary/aromatic N) is 4. The number of aliphatic hydroxyl groups is 1. The smallest absolute Gasteiger partial charge is 0.261 e. The number of rotatable bonds is 10. The third-order valence-electron chi connectivity index (χ3n) is 9.70. The molecule has 2 aromatic carbocycles. The van der Waals surface area contributed by atoms with Gasteiger partial charge in [0.05, 0.1) is 52.5 Å². The van der Waals surface area contributed by atoms with E-state index in [4.69, 9.17) is 9.47 Å². The van der Waals surface area contributed by atoms with Crippen LogP contribution < -0.4 is 20.3 Å². The highest BCUT2D eigenvalue weighted by Crippen LogP contribution is 2.44. The monoisotopic (exact) mass is 684 g/mol. The summed E-state index contributed by atoms with van der Waals surface area (Å²) in [5.74, 6) is -0.394. The summed E-state index contributed by atoms with van der Waals surface area (Å²) in [6.45, 7) is 4.60. The fraction of sp³-hybridized carbons (Fsp3) is 0.545. The highest BCUT2D eigenvalue weighted by Gasteiger charge is 2.45. The van der Waals surface area contributed by atoms with Gasteiger partial charge in [0.2, 0.25) is 0 Å². The summed E-state index contributed by atoms with van der Waals surface area (Å²) in [5.41, 5.74) is -0.598. The predicted molar refractivity (Wildman–Crippen MR) is 181 cm³/mol. The van der Waals surface area contributed by atoms with Gasteiger partial charge in [-0.15, -0.1) is 0 Å². The number of hydrogen-bond donors (Lipinski definition) is 3. The fourth-order valence-electron chi connectivity index (χ4n) is 6.75. The van der Waals surface area contributed by atoms with E-state index in [-0.39, 0.29) is 39.5 Å². The van der Waals surface area contributed by atoms with Crippen LogP contribution in [0, 0.1) is 17.1 Å². The number of nitriles is 1. The Morgan fingerprint density at radius 3 is 2.77 bits per heavy atom. The van der Waals surface area contributed by atoms with Gasteiger partial charge < -0.3 is 24.6 Å². The molecule has 3 aromatic rings. The molecule has 0 bridgehead atoms. The molecular formula is C33H41FN6O5S2. The first-order valence-electron chi connectivity index (χ1n) is 16.1. The van der Waals surface area contributed by atoms with Crippen molar-refractivity contribution in [2.75, 3.05) is 43.8 Å². The number of benzene rings is 2. The summed E-state index contributed by atoms with van der Waals surface area (Å²) in [4.78, 5) is 18.3. The molecule has 1 aromatic heterocycles. The van der Waals surface area contributed by atoms with Gasteiger partial charge in [0.1, 0.15) is 17.4 Å². The molecule has 47 heavy (non-hydrogen) atoms. The zero-order valence-electron chi connectivity index (χ0n) is 26.7. The Kier molecular flexibility index (Phi) is 10.2. The van der Waals surface area contributed by atoms with Gasteiger partial charge in [-0.1, -0.05) is 6.92 Å². The van der Waals surface area contributed by atoms with Crippen LogP contribution in [-0.2, 0) is 15.5 Å². The number of piperidine rings is 1. The average Bonchev–Trinajstić information content (AvgIpc) is 3.48. The third kappa shape index (κ3) is 7.35. The zero-order chi connectivity index (χ0) is 33.2. The lowest BCUT2D eigenvalue weighted by Crippen LogP contribution is -2.47. The van der Waals surface area contributed by atoms with E-state index >= 15 is 0 Å². The highest BCUT2D eigenvalue weighted by atomic mass is 32.2. The number of nitrogens with one attached hydrogen (secondary N) is 2. The predicted octanol–water partition coefficient (Wildman–Crippen LogP) is 4.63. The van der Waals surface area contributed by atoms with Crippen molar-refractivity contribution in [1.29, 1.82) is 5.26 Å². The van der Waals surface area contributed by atoms with E-state index in [0.29, 0.717) is 48.2 Å². The lowest BCUT2D eigenvalue weighted by Gasteiger charge is -2.38. The lowest BCUT2D eigenvalue weighted by atomic mass is 9.82. The summed E-state index contributed by atoms with van der Waals surface area (Å²) >= 11 is 1.28. The molecule has 0 radical (unpaired) electrons. The summed E-state index contributed by atoms with van der Waals surface area (Å²) in [5, 5.41) is 24.3. The molecule has 3 N–H and O–H groups in total. The lowest BCUT2D eigenvalue weighted by molar-refractivity contribution is -0.0240. The zero-order valence-corrected chi connectivity index (χ0v) is 28.3. The van der Waals surface area contributed by atoms with Crippen LogP contribution >= 0.6 is 12.1 Å². The van der Waals surface area contributed by atoms with Gasteiger partial charge in [0.25, 0.3) is 5.56 Å². The van der Waals surface area contributed by atoms with Gasteiger partial charge >= 0.3 is 0 Å². The van der Waals surface area contributed by atoms with Crippen molar-refractivity contribution >= 4 is 39.5 Å². The molecule has 2 unspecified atom stereocenters. The summed E-state index contributed by atoms with van der Waals surface area (Å²) in [6.07, 6.45) is 6.46. The van der Waals surface area contributed by atoms with Crippen molar-refractivity contribution in [2.24, 2.45) is 0 Å². The molecule has 1 saturated carbocycles. The first-order valence-corrected chi connectivity index (χ1v) is 18.3. The second-order valence-corrected chi connectivity index (χ2v) is 15.6. The van der Waals surface area contributed by atoms with E-state index in [1.54, 1.807) is 23.0 Å². The maximum Gasteiger partial charge on any atom is 0.261 e. The number of fused-ring (bicyclic) bond motifs is 1. The first-order chi connectivity index (χ1) is 22.6. The van der Waals surface area contributed by atoms with Gasteiger partial charge in [-0.3, -0.25) is 13.6 Å². The molecule has 1 spiro atoms. The SMILES string of the molecule is CCN(C)SNc1ccc(F)c(Oc2ccc3ncn(C4COC5(CCC(S(=O)CC6(O)CCNCC6)CC5)C4)c(=O)c3c2)c1C#N. The van der Waals surface area contributed by atoms with E-state index < -0.39 is 22.2 Å². The van der Waals surface area contributed by atoms with Crippen molar-refractivity contribution in [3.8, 4) is 17.6 Å². The normalized spacial score (nSPS) is 24.8. The van der Waals surface area contributed by atoms with Crippen molar-refractivity contribution in [1.82, 2.24) is 19.2 Å². The van der Waals surface area contributed by atoms with Gasteiger partial charge in [-0.2, -0.15) is 5.26 Å². The topological polar surface area (TPSA) is 142 Å². The second-order valence-electron chi connectivity index (χ2n) is 12.8. The van der Waals surface area contributed by atoms with Crippen LogP contribution in [-0.4, -0.2) is 78.7 Å². The van der Waals surface area contributed by atoms with Crippen LogP contribution in [0.15, 0.2) is 41.5 Å². The number of aromatic nitrogens is 2. The van der Waals surface area contributed by atoms with Crippen LogP contribution in [0.3, 0.4) is 0 Å². The molecule has 0 amide bonds. The minimum atomic E-state index is -1.11. The third-order valence-corrected chi connectivity index (χ3v) is 12.6. The molecule has 2 aliphatic heterocycles. The molecule has 1 aliphatic carbocycles. The van der Waals surface area contributed by atoms with Crippen molar-refractivity contribution in [3.63, 3.8) is 0 Å². The Bertz CT molecular complexity index is 1730. The molecule has 11 nitrogen and oxygen atoms in total. The molecule has 2 atom stereocenters. The van der Waals surface area contributed by atoms with Gasteiger partial charge in [-0.25, -0.2) is 13.7 Å². The van der Waals surface area contributed by atoms with E-state index in [2.05, 4.69) is 15.0 Å². The minimum absolute atomic E-state index is 0.0137. The molecule has 14 heteroatoms. The molecule has 3 fully saturated rings. The number of halogens is 1. The van der Waals surface area contributed by atoms with Crippen molar-refractivity contribution < 1.29 is 23.2 Å². The molecule has 6 rings (SSSR count). The highest BCUT2D eigenvalue weighted by molar-refractivity contribution is 7.98. The number of ether oxygens (including phenoxy) is 2. The quantitative estimate of drug-likeness (QED) is 0.258. The molecule has 3 aliphatic rings. The average molecular weight is 685 g/mol. The van der Waals surface area contributed by atoms with Gasteiger partial charge in [0.15, 0.2) is 11.6 Å². The Morgan fingerprint density at radius 1 is 1.28 bits per heavy atom. The number of anilines is 1. The maximum absolute atomic E-state index is 15.0.